The van der Waals surface area contributed by atoms with Crippen LogP contribution in [0, 0.1) is 11.8 Å². The summed E-state index contributed by atoms with van der Waals surface area (Å²) in [6.45, 7) is 3.96. The fourth-order valence-corrected chi connectivity index (χ4v) is 3.64. The maximum absolute atomic E-state index is 11.7. The second-order valence-corrected chi connectivity index (χ2v) is 7.04. The number of carbonyl (C=O) groups is 1. The number of nitrogens with one attached hydrogen (secondary N) is 1. The molecule has 0 aliphatic heterocycles. The molecule has 5 nitrogen and oxygen atoms in total. The molecule has 1 rings (SSSR count). The van der Waals surface area contributed by atoms with Gasteiger partial charge in [0.15, 0.2) is 0 Å². The van der Waals surface area contributed by atoms with Crippen LogP contribution in [0.5, 0.6) is 0 Å². The van der Waals surface area contributed by atoms with E-state index in [1.807, 2.05) is 13.8 Å². The highest BCUT2D eigenvalue weighted by molar-refractivity contribution is 7.89. The molecule has 1 saturated carbocycles. The molecule has 100 valence electrons. The zero-order valence-corrected chi connectivity index (χ0v) is 11.2. The van der Waals surface area contributed by atoms with Crippen LogP contribution in [-0.4, -0.2) is 31.3 Å². The van der Waals surface area contributed by atoms with Crippen LogP contribution in [0.25, 0.3) is 0 Å². The van der Waals surface area contributed by atoms with Crippen molar-refractivity contribution in [1.29, 1.82) is 0 Å². The standard InChI is InChI=1S/C11H21NO4S/c1-8(2)5-6-17(15,16)12-10-4-3-9(7-10)11(13)14/h8-10,12H,3-7H2,1-2H3,(H,13,14). The first-order chi connectivity index (χ1) is 7.80. The third-order valence-electron chi connectivity index (χ3n) is 3.09. The molecule has 1 fully saturated rings. The van der Waals surface area contributed by atoms with E-state index in [1.165, 1.54) is 0 Å². The smallest absolute Gasteiger partial charge is 0.306 e. The van der Waals surface area contributed by atoms with Crippen molar-refractivity contribution in [2.45, 2.75) is 45.6 Å². The Morgan fingerprint density at radius 3 is 2.53 bits per heavy atom. The molecule has 2 unspecified atom stereocenters. The molecule has 0 aromatic carbocycles. The van der Waals surface area contributed by atoms with Crippen LogP contribution in [-0.2, 0) is 14.8 Å². The summed E-state index contributed by atoms with van der Waals surface area (Å²) in [5.41, 5.74) is 0. The van der Waals surface area contributed by atoms with Gasteiger partial charge in [-0.05, 0) is 31.6 Å². The molecule has 0 radical (unpaired) electrons. The maximum Gasteiger partial charge on any atom is 0.306 e. The summed E-state index contributed by atoms with van der Waals surface area (Å²) in [6.07, 6.45) is 2.23. The van der Waals surface area contributed by atoms with Crippen LogP contribution in [0.4, 0.5) is 0 Å². The Kier molecular flexibility index (Phi) is 4.94. The van der Waals surface area contributed by atoms with E-state index in [0.717, 1.165) is 0 Å². The van der Waals surface area contributed by atoms with Crippen molar-refractivity contribution in [3.63, 3.8) is 0 Å². The highest BCUT2D eigenvalue weighted by atomic mass is 32.2. The van der Waals surface area contributed by atoms with Crippen LogP contribution in [0.15, 0.2) is 0 Å². The summed E-state index contributed by atoms with van der Waals surface area (Å²) in [7, 11) is -3.25. The molecule has 0 saturated heterocycles. The second kappa shape index (κ2) is 5.82. The fraction of sp³-hybridized carbons (Fsp3) is 0.909. The number of rotatable bonds is 6. The fourth-order valence-electron chi connectivity index (χ4n) is 2.02. The maximum atomic E-state index is 11.7. The highest BCUT2D eigenvalue weighted by Gasteiger charge is 2.31. The molecule has 0 bridgehead atoms. The van der Waals surface area contributed by atoms with Gasteiger partial charge in [-0.3, -0.25) is 4.79 Å². The molecular formula is C11H21NO4S. The molecule has 1 aliphatic rings. The van der Waals surface area contributed by atoms with Gasteiger partial charge in [-0.15, -0.1) is 0 Å². The Bertz CT molecular complexity index is 364. The van der Waals surface area contributed by atoms with Crippen molar-refractivity contribution in [3.05, 3.63) is 0 Å². The monoisotopic (exact) mass is 263 g/mol. The van der Waals surface area contributed by atoms with Crippen molar-refractivity contribution < 1.29 is 18.3 Å². The van der Waals surface area contributed by atoms with E-state index in [2.05, 4.69) is 4.72 Å². The van der Waals surface area contributed by atoms with Gasteiger partial charge in [0.25, 0.3) is 0 Å². The summed E-state index contributed by atoms with van der Waals surface area (Å²) < 4.78 is 26.0. The van der Waals surface area contributed by atoms with Crippen LogP contribution in [0.1, 0.15) is 39.5 Å². The van der Waals surface area contributed by atoms with Gasteiger partial charge in [0.1, 0.15) is 0 Å². The number of carboxylic acids is 1. The average Bonchev–Trinajstić information content (AvgIpc) is 2.63. The lowest BCUT2D eigenvalue weighted by Gasteiger charge is -2.13. The lowest BCUT2D eigenvalue weighted by molar-refractivity contribution is -0.141. The summed E-state index contributed by atoms with van der Waals surface area (Å²) in [6, 6.07) is -0.201. The SMILES string of the molecule is CC(C)CCS(=O)(=O)NC1CCC(C(=O)O)C1. The van der Waals surface area contributed by atoms with Crippen molar-refractivity contribution >= 4 is 16.0 Å². The molecule has 2 atom stereocenters. The van der Waals surface area contributed by atoms with Crippen LogP contribution < -0.4 is 4.72 Å². The third kappa shape index (κ3) is 5.04. The number of aliphatic carboxylic acids is 1. The van der Waals surface area contributed by atoms with Gasteiger partial charge in [-0.25, -0.2) is 13.1 Å². The first-order valence-corrected chi connectivity index (χ1v) is 7.68. The molecular weight excluding hydrogens is 242 g/mol. The predicted molar refractivity (Wildman–Crippen MR) is 65.1 cm³/mol. The van der Waals surface area contributed by atoms with Gasteiger partial charge in [0.2, 0.25) is 10.0 Å². The van der Waals surface area contributed by atoms with E-state index in [1.54, 1.807) is 0 Å². The van der Waals surface area contributed by atoms with E-state index in [0.29, 0.717) is 31.6 Å². The minimum Gasteiger partial charge on any atom is -0.481 e. The van der Waals surface area contributed by atoms with E-state index in [4.69, 9.17) is 5.11 Å². The summed E-state index contributed by atoms with van der Waals surface area (Å²) >= 11 is 0. The van der Waals surface area contributed by atoms with E-state index < -0.39 is 21.9 Å². The predicted octanol–water partition coefficient (Wildman–Crippen LogP) is 1.21. The third-order valence-corrected chi connectivity index (χ3v) is 4.56. The number of sulfonamides is 1. The Morgan fingerprint density at radius 2 is 2.06 bits per heavy atom. The Morgan fingerprint density at radius 1 is 1.41 bits per heavy atom. The second-order valence-electron chi connectivity index (χ2n) is 5.16. The highest BCUT2D eigenvalue weighted by Crippen LogP contribution is 2.26. The van der Waals surface area contributed by atoms with Crippen molar-refractivity contribution in [1.82, 2.24) is 4.72 Å². The van der Waals surface area contributed by atoms with Gasteiger partial charge in [0, 0.05) is 6.04 Å². The van der Waals surface area contributed by atoms with Gasteiger partial charge < -0.3 is 5.11 Å². The lowest BCUT2D eigenvalue weighted by atomic mass is 10.1. The molecule has 6 heteroatoms. The quantitative estimate of drug-likeness (QED) is 0.754. The summed E-state index contributed by atoms with van der Waals surface area (Å²) in [5.74, 6) is -0.748. The number of hydrogen-bond donors (Lipinski definition) is 2. The molecule has 2 N–H and O–H groups in total. The Labute approximate surface area is 103 Å². The number of hydrogen-bond acceptors (Lipinski definition) is 3. The molecule has 0 spiro atoms. The summed E-state index contributed by atoms with van der Waals surface area (Å²) in [5, 5.41) is 8.83. The average molecular weight is 263 g/mol. The lowest BCUT2D eigenvalue weighted by Crippen LogP contribution is -2.35. The minimum absolute atomic E-state index is 0.124. The first kappa shape index (κ1) is 14.4. The summed E-state index contributed by atoms with van der Waals surface area (Å²) in [4.78, 5) is 10.8. The van der Waals surface area contributed by atoms with E-state index in [-0.39, 0.29) is 11.8 Å². The molecule has 0 heterocycles. The largest absolute Gasteiger partial charge is 0.481 e. The molecule has 0 amide bonds. The number of carboxylic acid groups (broad SMARTS) is 1. The van der Waals surface area contributed by atoms with Gasteiger partial charge in [-0.2, -0.15) is 0 Å². The zero-order valence-electron chi connectivity index (χ0n) is 10.3. The normalized spacial score (nSPS) is 25.4. The Balaban J connectivity index is 2.42. The molecule has 17 heavy (non-hydrogen) atoms. The van der Waals surface area contributed by atoms with Crippen molar-refractivity contribution in [2.75, 3.05) is 5.75 Å². The topological polar surface area (TPSA) is 83.5 Å². The van der Waals surface area contributed by atoms with Gasteiger partial charge >= 0.3 is 5.97 Å². The van der Waals surface area contributed by atoms with E-state index in [9.17, 15) is 13.2 Å². The van der Waals surface area contributed by atoms with Crippen molar-refractivity contribution in [3.8, 4) is 0 Å². The molecule has 0 aromatic heterocycles. The van der Waals surface area contributed by atoms with E-state index >= 15 is 0 Å². The van der Waals surface area contributed by atoms with Crippen molar-refractivity contribution in [2.24, 2.45) is 11.8 Å². The zero-order chi connectivity index (χ0) is 13.1. The van der Waals surface area contributed by atoms with Gasteiger partial charge in [0.05, 0.1) is 11.7 Å². The first-order valence-electron chi connectivity index (χ1n) is 6.03. The molecule has 1 aliphatic carbocycles. The van der Waals surface area contributed by atoms with Crippen LogP contribution in [0.3, 0.4) is 0 Å². The Hall–Kier alpha value is -0.620. The minimum atomic E-state index is -3.25. The van der Waals surface area contributed by atoms with Crippen LogP contribution in [0.2, 0.25) is 0 Å². The van der Waals surface area contributed by atoms with Gasteiger partial charge in [-0.1, -0.05) is 13.8 Å². The molecule has 0 aromatic rings. The van der Waals surface area contributed by atoms with Crippen LogP contribution >= 0.6 is 0 Å².